The number of ether oxygens (including phenoxy) is 1. The van der Waals surface area contributed by atoms with E-state index in [0.29, 0.717) is 11.7 Å². The van der Waals surface area contributed by atoms with E-state index in [2.05, 4.69) is 5.32 Å². The predicted octanol–water partition coefficient (Wildman–Crippen LogP) is 1.45. The Balaban J connectivity index is 2.04. The highest BCUT2D eigenvalue weighted by Crippen LogP contribution is 2.29. The number of hydrogen-bond donors (Lipinski definition) is 3. The van der Waals surface area contributed by atoms with Crippen LogP contribution in [0, 0.1) is 0 Å². The zero-order chi connectivity index (χ0) is 12.3. The van der Waals surface area contributed by atoms with Gasteiger partial charge in [0.1, 0.15) is 5.75 Å². The molecule has 0 radical (unpaired) electrons. The zero-order valence-corrected chi connectivity index (χ0v) is 10.1. The van der Waals surface area contributed by atoms with Gasteiger partial charge in [-0.25, -0.2) is 0 Å². The molecule has 1 aliphatic heterocycles. The van der Waals surface area contributed by atoms with Crippen LogP contribution in [0.4, 0.5) is 5.69 Å². The van der Waals surface area contributed by atoms with E-state index in [4.69, 9.17) is 10.5 Å². The number of benzene rings is 1. The van der Waals surface area contributed by atoms with E-state index in [0.717, 1.165) is 30.7 Å². The fraction of sp³-hybridized carbons (Fsp3) is 0.538. The number of nitrogens with two attached hydrogens (primary N) is 1. The zero-order valence-electron chi connectivity index (χ0n) is 10.1. The molecule has 2 rings (SSSR count). The van der Waals surface area contributed by atoms with Crippen molar-refractivity contribution in [2.45, 2.75) is 31.4 Å². The highest BCUT2D eigenvalue weighted by atomic mass is 16.5. The van der Waals surface area contributed by atoms with Crippen LogP contribution >= 0.6 is 0 Å². The van der Waals surface area contributed by atoms with Gasteiger partial charge in [-0.15, -0.1) is 0 Å². The topological polar surface area (TPSA) is 67.5 Å². The highest BCUT2D eigenvalue weighted by molar-refractivity contribution is 5.52. The van der Waals surface area contributed by atoms with Crippen molar-refractivity contribution < 1.29 is 9.84 Å². The fourth-order valence-corrected chi connectivity index (χ4v) is 2.34. The maximum atomic E-state index is 10.2. The summed E-state index contributed by atoms with van der Waals surface area (Å²) >= 11 is 0. The second-order valence-corrected chi connectivity index (χ2v) is 4.54. The smallest absolute Gasteiger partial charge is 0.120 e. The van der Waals surface area contributed by atoms with Gasteiger partial charge in [0.05, 0.1) is 13.2 Å². The van der Waals surface area contributed by atoms with Crippen molar-refractivity contribution in [2.75, 3.05) is 19.4 Å². The summed E-state index contributed by atoms with van der Waals surface area (Å²) in [4.78, 5) is 0. The Morgan fingerprint density at radius 2 is 2.41 bits per heavy atom. The molecule has 1 aromatic carbocycles. The molecule has 0 aromatic heterocycles. The first-order valence-electron chi connectivity index (χ1n) is 6.05. The van der Waals surface area contributed by atoms with Gasteiger partial charge >= 0.3 is 0 Å². The molecule has 4 N–H and O–H groups in total. The van der Waals surface area contributed by atoms with E-state index in [1.54, 1.807) is 13.2 Å². The van der Waals surface area contributed by atoms with Crippen LogP contribution in [0.5, 0.6) is 5.75 Å². The van der Waals surface area contributed by atoms with Crippen molar-refractivity contribution in [3.8, 4) is 5.75 Å². The van der Waals surface area contributed by atoms with Gasteiger partial charge in [-0.2, -0.15) is 0 Å². The van der Waals surface area contributed by atoms with Gasteiger partial charge in [0.25, 0.3) is 0 Å². The molecular formula is C13H20N2O2. The van der Waals surface area contributed by atoms with Gasteiger partial charge in [0.2, 0.25) is 0 Å². The number of aliphatic hydroxyl groups excluding tert-OH is 1. The second-order valence-electron chi connectivity index (χ2n) is 4.54. The first-order chi connectivity index (χ1) is 8.20. The van der Waals surface area contributed by atoms with E-state index in [1.165, 1.54) is 6.42 Å². The van der Waals surface area contributed by atoms with Crippen LogP contribution in [-0.4, -0.2) is 24.8 Å². The van der Waals surface area contributed by atoms with E-state index in [9.17, 15) is 5.11 Å². The van der Waals surface area contributed by atoms with Crippen LogP contribution in [0.1, 0.15) is 30.9 Å². The maximum Gasteiger partial charge on any atom is 0.120 e. The van der Waals surface area contributed by atoms with Gasteiger partial charge < -0.3 is 20.9 Å². The Hall–Kier alpha value is -1.26. The fourth-order valence-electron chi connectivity index (χ4n) is 2.34. The summed E-state index contributed by atoms with van der Waals surface area (Å²) in [5.41, 5.74) is 7.30. The molecule has 1 heterocycles. The van der Waals surface area contributed by atoms with Crippen molar-refractivity contribution in [3.63, 3.8) is 0 Å². The summed E-state index contributed by atoms with van der Waals surface area (Å²) in [6.07, 6.45) is 2.54. The first kappa shape index (κ1) is 12.2. The number of rotatable bonds is 4. The summed E-state index contributed by atoms with van der Waals surface area (Å²) in [6, 6.07) is 5.83. The van der Waals surface area contributed by atoms with Gasteiger partial charge in [-0.3, -0.25) is 0 Å². The molecule has 2 unspecified atom stereocenters. The van der Waals surface area contributed by atoms with E-state index >= 15 is 0 Å². The minimum absolute atomic E-state index is 0.409. The number of aliphatic hydroxyl groups is 1. The quantitative estimate of drug-likeness (QED) is 0.692. The third-order valence-corrected chi connectivity index (χ3v) is 3.32. The molecule has 4 heteroatoms. The van der Waals surface area contributed by atoms with Gasteiger partial charge in [-0.1, -0.05) is 6.07 Å². The molecule has 0 amide bonds. The Kier molecular flexibility index (Phi) is 3.86. The number of methoxy groups -OCH3 is 1. The van der Waals surface area contributed by atoms with Gasteiger partial charge in [0.15, 0.2) is 0 Å². The van der Waals surface area contributed by atoms with Crippen LogP contribution in [0.2, 0.25) is 0 Å². The molecule has 0 saturated carbocycles. The standard InChI is InChI=1S/C13H20N2O2/c1-17-10-4-5-11(12(14)8-10)13(16)7-9-3-2-6-15-9/h4-5,8-9,13,15-16H,2-3,6-7,14H2,1H3. The average Bonchev–Trinajstić information content (AvgIpc) is 2.81. The third-order valence-electron chi connectivity index (χ3n) is 3.32. The molecular weight excluding hydrogens is 216 g/mol. The Morgan fingerprint density at radius 1 is 1.59 bits per heavy atom. The highest BCUT2D eigenvalue weighted by Gasteiger charge is 2.20. The molecule has 0 bridgehead atoms. The lowest BCUT2D eigenvalue weighted by molar-refractivity contribution is 0.155. The van der Waals surface area contributed by atoms with E-state index in [1.807, 2.05) is 12.1 Å². The lowest BCUT2D eigenvalue weighted by Gasteiger charge is -2.18. The summed E-state index contributed by atoms with van der Waals surface area (Å²) in [5.74, 6) is 0.720. The summed E-state index contributed by atoms with van der Waals surface area (Å²) in [7, 11) is 1.60. The second kappa shape index (κ2) is 5.38. The molecule has 2 atom stereocenters. The largest absolute Gasteiger partial charge is 0.497 e. The molecule has 0 aliphatic carbocycles. The normalized spacial score (nSPS) is 21.4. The van der Waals surface area contributed by atoms with Crippen molar-refractivity contribution in [2.24, 2.45) is 0 Å². The molecule has 1 fully saturated rings. The monoisotopic (exact) mass is 236 g/mol. The van der Waals surface area contributed by atoms with Crippen molar-refractivity contribution in [3.05, 3.63) is 23.8 Å². The Morgan fingerprint density at radius 3 is 3.00 bits per heavy atom. The molecule has 17 heavy (non-hydrogen) atoms. The molecule has 1 saturated heterocycles. The van der Waals surface area contributed by atoms with Crippen molar-refractivity contribution in [1.82, 2.24) is 5.32 Å². The third kappa shape index (κ3) is 2.90. The minimum Gasteiger partial charge on any atom is -0.497 e. The number of hydrogen-bond acceptors (Lipinski definition) is 4. The van der Waals surface area contributed by atoms with Gasteiger partial charge in [-0.05, 0) is 31.9 Å². The SMILES string of the molecule is COc1ccc(C(O)CC2CCCN2)c(N)c1. The number of nitrogens with one attached hydrogen (secondary N) is 1. The number of nitrogen functional groups attached to an aromatic ring is 1. The van der Waals surface area contributed by atoms with Gasteiger partial charge in [0, 0.05) is 23.4 Å². The minimum atomic E-state index is -0.503. The lowest BCUT2D eigenvalue weighted by Crippen LogP contribution is -2.24. The lowest BCUT2D eigenvalue weighted by atomic mass is 9.99. The number of anilines is 1. The molecule has 94 valence electrons. The Labute approximate surface area is 102 Å². The van der Waals surface area contributed by atoms with Crippen LogP contribution in [0.25, 0.3) is 0 Å². The average molecular weight is 236 g/mol. The van der Waals surface area contributed by atoms with Crippen LogP contribution in [0.15, 0.2) is 18.2 Å². The summed E-state index contributed by atoms with van der Waals surface area (Å²) in [6.45, 7) is 1.05. The predicted molar refractivity (Wildman–Crippen MR) is 68.0 cm³/mol. The molecule has 1 aliphatic rings. The summed E-state index contributed by atoms with van der Waals surface area (Å²) < 4.78 is 5.09. The van der Waals surface area contributed by atoms with E-state index in [-0.39, 0.29) is 0 Å². The van der Waals surface area contributed by atoms with Crippen LogP contribution in [-0.2, 0) is 0 Å². The van der Waals surface area contributed by atoms with Crippen LogP contribution in [0.3, 0.4) is 0 Å². The van der Waals surface area contributed by atoms with Crippen molar-refractivity contribution in [1.29, 1.82) is 0 Å². The summed E-state index contributed by atoms with van der Waals surface area (Å²) in [5, 5.41) is 13.5. The van der Waals surface area contributed by atoms with Crippen molar-refractivity contribution >= 4 is 5.69 Å². The van der Waals surface area contributed by atoms with E-state index < -0.39 is 6.10 Å². The molecule has 0 spiro atoms. The van der Waals surface area contributed by atoms with Crippen LogP contribution < -0.4 is 15.8 Å². The first-order valence-corrected chi connectivity index (χ1v) is 6.05. The molecule has 1 aromatic rings. The molecule has 4 nitrogen and oxygen atoms in total. The Bertz CT molecular complexity index is 376. The maximum absolute atomic E-state index is 10.2.